The zero-order valence-corrected chi connectivity index (χ0v) is 31.2. The molecule has 0 aliphatic heterocycles. The fourth-order valence-electron chi connectivity index (χ4n) is 8.60. The van der Waals surface area contributed by atoms with Crippen LogP contribution in [0.25, 0.3) is 116 Å². The molecule has 0 aliphatic rings. The lowest BCUT2D eigenvalue weighted by atomic mass is 10.0. The van der Waals surface area contributed by atoms with Gasteiger partial charge in [0.2, 0.25) is 0 Å². The van der Waals surface area contributed by atoms with E-state index < -0.39 is 0 Å². The Balaban J connectivity index is 1.05. The van der Waals surface area contributed by atoms with Crippen LogP contribution < -0.4 is 0 Å². The Morgan fingerprint density at radius 3 is 1.78 bits per heavy atom. The van der Waals surface area contributed by atoms with Crippen molar-refractivity contribution in [2.75, 3.05) is 0 Å². The van der Waals surface area contributed by atoms with Gasteiger partial charge in [0.15, 0.2) is 17.5 Å². The van der Waals surface area contributed by atoms with Crippen molar-refractivity contribution in [3.05, 3.63) is 194 Å². The number of furan rings is 1. The number of rotatable bonds is 5. The molecule has 0 fully saturated rings. The second-order valence-corrected chi connectivity index (χ2v) is 14.8. The van der Waals surface area contributed by atoms with Crippen molar-refractivity contribution in [2.24, 2.45) is 0 Å². The molecule has 9 aromatic carbocycles. The van der Waals surface area contributed by atoms with Crippen LogP contribution in [0.5, 0.6) is 0 Å². The van der Waals surface area contributed by atoms with E-state index in [2.05, 4.69) is 156 Å². The maximum atomic E-state index is 6.72. The van der Waals surface area contributed by atoms with E-state index in [1.807, 2.05) is 42.5 Å². The molecule has 0 bridgehead atoms. The Kier molecular flexibility index (Phi) is 7.16. The molecular weight excluding hydrogens is 709 g/mol. The van der Waals surface area contributed by atoms with Gasteiger partial charge in [-0.15, -0.1) is 0 Å². The predicted octanol–water partition coefficient (Wildman–Crippen LogP) is 13.8. The first-order valence-corrected chi connectivity index (χ1v) is 19.5. The molecule has 3 heterocycles. The quantitative estimate of drug-likeness (QED) is 0.176. The summed E-state index contributed by atoms with van der Waals surface area (Å²) in [6, 6.07) is 68.1. The molecule has 12 rings (SSSR count). The smallest absolute Gasteiger partial charge is 0.164 e. The van der Waals surface area contributed by atoms with Crippen molar-refractivity contribution in [1.82, 2.24) is 19.5 Å². The largest absolute Gasteiger partial charge is 0.456 e. The highest BCUT2D eigenvalue weighted by atomic mass is 16.3. The summed E-state index contributed by atoms with van der Waals surface area (Å²) < 4.78 is 9.09. The molecule has 12 aromatic rings. The molecule has 270 valence electrons. The van der Waals surface area contributed by atoms with E-state index in [0.717, 1.165) is 60.7 Å². The van der Waals surface area contributed by atoms with Gasteiger partial charge >= 0.3 is 0 Å². The van der Waals surface area contributed by atoms with Gasteiger partial charge < -0.3 is 8.98 Å². The third-order valence-electron chi connectivity index (χ3n) is 11.4. The highest BCUT2D eigenvalue weighted by molar-refractivity contribution is 6.16. The zero-order valence-electron chi connectivity index (χ0n) is 31.2. The van der Waals surface area contributed by atoms with E-state index in [9.17, 15) is 0 Å². The lowest BCUT2D eigenvalue weighted by molar-refractivity contribution is 0.668. The van der Waals surface area contributed by atoms with Gasteiger partial charge in [-0.2, -0.15) is 0 Å². The van der Waals surface area contributed by atoms with Crippen LogP contribution in [0.15, 0.2) is 199 Å². The van der Waals surface area contributed by atoms with Gasteiger partial charge in [0.05, 0.1) is 11.0 Å². The third-order valence-corrected chi connectivity index (χ3v) is 11.4. The van der Waals surface area contributed by atoms with Crippen LogP contribution in [-0.2, 0) is 0 Å². The monoisotopic (exact) mass is 740 g/mol. The summed E-state index contributed by atoms with van der Waals surface area (Å²) in [5.41, 5.74) is 10.0. The molecular formula is C53H32N4O. The first kappa shape index (κ1) is 32.4. The number of benzene rings is 9. The van der Waals surface area contributed by atoms with Crippen LogP contribution in [0.2, 0.25) is 0 Å². The van der Waals surface area contributed by atoms with Crippen LogP contribution in [0.4, 0.5) is 0 Å². The normalized spacial score (nSPS) is 11.8. The van der Waals surface area contributed by atoms with E-state index in [0.29, 0.717) is 17.5 Å². The average molecular weight is 741 g/mol. The number of aromatic nitrogens is 4. The van der Waals surface area contributed by atoms with Crippen LogP contribution in [-0.4, -0.2) is 19.5 Å². The molecule has 5 heteroatoms. The second kappa shape index (κ2) is 12.8. The van der Waals surface area contributed by atoms with Crippen LogP contribution in [0.3, 0.4) is 0 Å². The first-order valence-electron chi connectivity index (χ1n) is 19.5. The van der Waals surface area contributed by atoms with Crippen molar-refractivity contribution in [3.8, 4) is 51.0 Å². The van der Waals surface area contributed by atoms with Crippen molar-refractivity contribution in [2.45, 2.75) is 0 Å². The summed E-state index contributed by atoms with van der Waals surface area (Å²) in [5.74, 6) is 1.84. The summed E-state index contributed by atoms with van der Waals surface area (Å²) >= 11 is 0. The summed E-state index contributed by atoms with van der Waals surface area (Å²) in [7, 11) is 0. The Hall–Kier alpha value is -7.89. The molecule has 0 unspecified atom stereocenters. The molecule has 0 amide bonds. The van der Waals surface area contributed by atoms with Gasteiger partial charge in [-0.25, -0.2) is 15.0 Å². The fourth-order valence-corrected chi connectivity index (χ4v) is 8.60. The summed E-state index contributed by atoms with van der Waals surface area (Å²) in [6.07, 6.45) is 0. The molecule has 0 spiro atoms. The predicted molar refractivity (Wildman–Crippen MR) is 238 cm³/mol. The molecule has 0 N–H and O–H groups in total. The van der Waals surface area contributed by atoms with Crippen LogP contribution in [0, 0.1) is 0 Å². The number of fused-ring (bicyclic) bond motifs is 8. The number of hydrogen-bond acceptors (Lipinski definition) is 4. The Morgan fingerprint density at radius 2 is 0.983 bits per heavy atom. The lowest BCUT2D eigenvalue weighted by Crippen LogP contribution is -2.00. The fraction of sp³-hybridized carbons (Fsp3) is 0. The SMILES string of the molecule is c1ccc(-c2ccc3c(c2)c2cc4ccccc4cc2n3-c2ccc3c(c2)oc2cccc(-c4nc(-c5ccccc5)nc(-c5ccc6ccccc6c5)n4)c23)cc1. The molecule has 0 saturated heterocycles. The minimum Gasteiger partial charge on any atom is -0.456 e. The van der Waals surface area contributed by atoms with Gasteiger partial charge in [-0.05, 0) is 81.2 Å². The molecule has 5 nitrogen and oxygen atoms in total. The van der Waals surface area contributed by atoms with E-state index >= 15 is 0 Å². The molecule has 3 aromatic heterocycles. The van der Waals surface area contributed by atoms with Crippen LogP contribution in [0.1, 0.15) is 0 Å². The van der Waals surface area contributed by atoms with E-state index in [4.69, 9.17) is 19.4 Å². The maximum absolute atomic E-state index is 6.72. The Labute approximate surface area is 333 Å². The highest BCUT2D eigenvalue weighted by Crippen LogP contribution is 2.41. The topological polar surface area (TPSA) is 56.7 Å². The van der Waals surface area contributed by atoms with E-state index in [1.54, 1.807) is 0 Å². The van der Waals surface area contributed by atoms with Crippen molar-refractivity contribution in [3.63, 3.8) is 0 Å². The molecule has 0 radical (unpaired) electrons. The Morgan fingerprint density at radius 1 is 0.345 bits per heavy atom. The van der Waals surface area contributed by atoms with E-state index in [1.165, 1.54) is 38.1 Å². The van der Waals surface area contributed by atoms with Gasteiger partial charge in [-0.3, -0.25) is 0 Å². The van der Waals surface area contributed by atoms with Crippen molar-refractivity contribution in [1.29, 1.82) is 0 Å². The molecule has 0 saturated carbocycles. The Bertz CT molecular complexity index is 3570. The van der Waals surface area contributed by atoms with Crippen molar-refractivity contribution < 1.29 is 4.42 Å². The third kappa shape index (κ3) is 5.21. The molecule has 0 atom stereocenters. The minimum atomic E-state index is 0.595. The van der Waals surface area contributed by atoms with Gasteiger partial charge in [0.25, 0.3) is 0 Å². The first-order chi connectivity index (χ1) is 28.7. The summed E-state index contributed by atoms with van der Waals surface area (Å²) in [6.45, 7) is 0. The molecule has 0 aliphatic carbocycles. The standard InChI is InChI=1S/C53H32N4O/c1-3-12-33(13-4-1)39-24-27-46-44(30-39)45-29-37-18-9-10-19-38(37)31-47(45)57(46)41-25-26-42-49(32-41)58-48-21-11-20-43(50(42)48)53-55-51(35-15-5-2-6-16-35)54-52(56-53)40-23-22-34-14-7-8-17-36(34)28-40/h1-32H. The van der Waals surface area contributed by atoms with Crippen LogP contribution >= 0.6 is 0 Å². The van der Waals surface area contributed by atoms with Crippen molar-refractivity contribution >= 4 is 65.3 Å². The van der Waals surface area contributed by atoms with Gasteiger partial charge in [0, 0.05) is 50.0 Å². The number of hydrogen-bond donors (Lipinski definition) is 0. The number of nitrogens with zero attached hydrogens (tertiary/aromatic N) is 4. The van der Waals surface area contributed by atoms with Gasteiger partial charge in [-0.1, -0.05) is 140 Å². The maximum Gasteiger partial charge on any atom is 0.164 e. The lowest BCUT2D eigenvalue weighted by Gasteiger charge is -2.10. The average Bonchev–Trinajstić information content (AvgIpc) is 3.83. The molecule has 58 heavy (non-hydrogen) atoms. The zero-order chi connectivity index (χ0) is 38.2. The summed E-state index contributed by atoms with van der Waals surface area (Å²) in [5, 5.41) is 9.12. The summed E-state index contributed by atoms with van der Waals surface area (Å²) in [4.78, 5) is 15.3. The van der Waals surface area contributed by atoms with Gasteiger partial charge in [0.1, 0.15) is 11.2 Å². The van der Waals surface area contributed by atoms with E-state index in [-0.39, 0.29) is 0 Å². The second-order valence-electron chi connectivity index (χ2n) is 14.8. The minimum absolute atomic E-state index is 0.595. The highest BCUT2D eigenvalue weighted by Gasteiger charge is 2.20.